The molecule has 5 nitrogen and oxygen atoms in total. The van der Waals surface area contributed by atoms with Crippen LogP contribution in [0.3, 0.4) is 0 Å². The van der Waals surface area contributed by atoms with E-state index in [4.69, 9.17) is 11.6 Å². The quantitative estimate of drug-likeness (QED) is 0.466. The molecule has 0 atom stereocenters. The number of carbonyl (C=O) groups excluding carboxylic acids is 1. The van der Waals surface area contributed by atoms with Gasteiger partial charge in [-0.15, -0.1) is 0 Å². The second-order valence-electron chi connectivity index (χ2n) is 7.08. The number of benzene rings is 3. The number of aryl methyl sites for hydroxylation is 2. The maximum absolute atomic E-state index is 12.9. The van der Waals surface area contributed by atoms with E-state index in [2.05, 4.69) is 10.0 Å². The van der Waals surface area contributed by atoms with Gasteiger partial charge in [-0.1, -0.05) is 23.7 Å². The van der Waals surface area contributed by atoms with Gasteiger partial charge in [-0.2, -0.15) is 13.2 Å². The van der Waals surface area contributed by atoms with Gasteiger partial charge in [0.15, 0.2) is 0 Å². The van der Waals surface area contributed by atoms with E-state index in [1.54, 1.807) is 18.2 Å². The van der Waals surface area contributed by atoms with E-state index in [9.17, 15) is 26.4 Å². The molecule has 0 aliphatic rings. The number of carbonyl (C=O) groups is 1. The summed E-state index contributed by atoms with van der Waals surface area (Å²) >= 11 is 6.06. The Morgan fingerprint density at radius 3 is 2.28 bits per heavy atom. The monoisotopic (exact) mass is 482 g/mol. The van der Waals surface area contributed by atoms with Crippen LogP contribution in [0.1, 0.15) is 27.0 Å². The molecule has 0 unspecified atom stereocenters. The zero-order valence-electron chi connectivity index (χ0n) is 16.9. The summed E-state index contributed by atoms with van der Waals surface area (Å²) in [5.74, 6) is -0.788. The van der Waals surface area contributed by atoms with Crippen LogP contribution in [0.15, 0.2) is 65.6 Å². The van der Waals surface area contributed by atoms with Crippen LogP contribution < -0.4 is 10.0 Å². The van der Waals surface area contributed by atoms with E-state index in [-0.39, 0.29) is 21.2 Å². The topological polar surface area (TPSA) is 75.3 Å². The van der Waals surface area contributed by atoms with Crippen LogP contribution in [0.2, 0.25) is 5.02 Å². The third-order valence-electron chi connectivity index (χ3n) is 4.69. The summed E-state index contributed by atoms with van der Waals surface area (Å²) in [6, 6.07) is 12.7. The zero-order chi connectivity index (χ0) is 23.7. The zero-order valence-corrected chi connectivity index (χ0v) is 18.5. The van der Waals surface area contributed by atoms with E-state index in [0.717, 1.165) is 35.4 Å². The van der Waals surface area contributed by atoms with Crippen LogP contribution >= 0.6 is 11.6 Å². The number of anilines is 2. The molecule has 0 saturated heterocycles. The van der Waals surface area contributed by atoms with Crippen LogP contribution in [0, 0.1) is 13.8 Å². The highest BCUT2D eigenvalue weighted by molar-refractivity contribution is 7.92. The lowest BCUT2D eigenvalue weighted by Crippen LogP contribution is -2.17. The smallest absolute Gasteiger partial charge is 0.322 e. The molecule has 0 aliphatic heterocycles. The molecular weight excluding hydrogens is 465 g/mol. The van der Waals surface area contributed by atoms with Gasteiger partial charge in [0.1, 0.15) is 4.90 Å². The standard InChI is InChI=1S/C22H18ClF3N2O3S/c1-13-6-8-18(10-14(13)2)28-32(30,31)20-11-15(7-9-19(20)23)21(29)27-17-5-3-4-16(12-17)22(24,25)26/h3-12,28H,1-2H3,(H,27,29). The molecule has 1 amide bonds. The molecule has 2 N–H and O–H groups in total. The van der Waals surface area contributed by atoms with Gasteiger partial charge in [-0.3, -0.25) is 9.52 Å². The van der Waals surface area contributed by atoms with Crippen LogP contribution in [-0.2, 0) is 16.2 Å². The number of hydrogen-bond donors (Lipinski definition) is 2. The maximum atomic E-state index is 12.9. The number of halogens is 4. The van der Waals surface area contributed by atoms with E-state index < -0.39 is 27.7 Å². The summed E-state index contributed by atoms with van der Waals surface area (Å²) in [5, 5.41) is 2.22. The highest BCUT2D eigenvalue weighted by Gasteiger charge is 2.30. The van der Waals surface area contributed by atoms with Crippen molar-refractivity contribution in [3.05, 3.63) is 87.9 Å². The van der Waals surface area contributed by atoms with Crippen molar-refractivity contribution in [2.75, 3.05) is 10.0 Å². The number of alkyl halides is 3. The van der Waals surface area contributed by atoms with E-state index >= 15 is 0 Å². The lowest BCUT2D eigenvalue weighted by atomic mass is 10.1. The second-order valence-corrected chi connectivity index (χ2v) is 9.14. The Balaban J connectivity index is 1.87. The molecule has 0 radical (unpaired) electrons. The van der Waals surface area contributed by atoms with Crippen LogP contribution in [0.25, 0.3) is 0 Å². The minimum absolute atomic E-state index is 0.0857. The molecule has 0 saturated carbocycles. The summed E-state index contributed by atoms with van der Waals surface area (Å²) in [6.07, 6.45) is -4.57. The Kier molecular flexibility index (Phi) is 6.52. The predicted octanol–water partition coefficient (Wildman–Crippen LogP) is 6.03. The molecule has 0 heterocycles. The Bertz CT molecular complexity index is 1290. The highest BCUT2D eigenvalue weighted by Crippen LogP contribution is 2.31. The minimum atomic E-state index is -4.57. The van der Waals surface area contributed by atoms with Gasteiger partial charge in [0, 0.05) is 16.9 Å². The fourth-order valence-electron chi connectivity index (χ4n) is 2.84. The van der Waals surface area contributed by atoms with Crippen molar-refractivity contribution in [1.29, 1.82) is 0 Å². The summed E-state index contributed by atoms with van der Waals surface area (Å²) in [5.41, 5.74) is 1.09. The number of rotatable bonds is 5. The molecule has 3 aromatic rings. The summed E-state index contributed by atoms with van der Waals surface area (Å²) in [7, 11) is -4.14. The van der Waals surface area contributed by atoms with Crippen molar-refractivity contribution >= 4 is 38.9 Å². The summed E-state index contributed by atoms with van der Waals surface area (Å²) < 4.78 is 66.8. The Hall–Kier alpha value is -3.04. The molecule has 0 aromatic heterocycles. The average Bonchev–Trinajstić information content (AvgIpc) is 2.70. The molecule has 0 fully saturated rings. The van der Waals surface area contributed by atoms with Crippen molar-refractivity contribution < 1.29 is 26.4 Å². The molecule has 3 rings (SSSR count). The third-order valence-corrected chi connectivity index (χ3v) is 6.55. The van der Waals surface area contributed by atoms with Gasteiger partial charge in [0.25, 0.3) is 15.9 Å². The molecule has 10 heteroatoms. The minimum Gasteiger partial charge on any atom is -0.322 e. The van der Waals surface area contributed by atoms with Crippen molar-refractivity contribution in [1.82, 2.24) is 0 Å². The molecule has 3 aromatic carbocycles. The largest absolute Gasteiger partial charge is 0.416 e. The first-order chi connectivity index (χ1) is 14.9. The van der Waals surface area contributed by atoms with Gasteiger partial charge in [0.2, 0.25) is 0 Å². The van der Waals surface area contributed by atoms with Crippen molar-refractivity contribution in [3.8, 4) is 0 Å². The van der Waals surface area contributed by atoms with Gasteiger partial charge >= 0.3 is 6.18 Å². The predicted molar refractivity (Wildman–Crippen MR) is 118 cm³/mol. The highest BCUT2D eigenvalue weighted by atomic mass is 35.5. The number of sulfonamides is 1. The Labute approximate surface area is 188 Å². The SMILES string of the molecule is Cc1ccc(NS(=O)(=O)c2cc(C(=O)Nc3cccc(C(F)(F)F)c3)ccc2Cl)cc1C. The average molecular weight is 483 g/mol. The molecule has 168 valence electrons. The summed E-state index contributed by atoms with van der Waals surface area (Å²) in [4.78, 5) is 12.2. The first-order valence-corrected chi connectivity index (χ1v) is 11.1. The van der Waals surface area contributed by atoms with Crippen LogP contribution in [-0.4, -0.2) is 14.3 Å². The summed E-state index contributed by atoms with van der Waals surface area (Å²) in [6.45, 7) is 3.72. The first kappa shape index (κ1) is 23.6. The van der Waals surface area contributed by atoms with Crippen molar-refractivity contribution in [2.45, 2.75) is 24.9 Å². The third kappa shape index (κ3) is 5.41. The molecular formula is C22H18ClF3N2O3S. The fraction of sp³-hybridized carbons (Fsp3) is 0.136. The maximum Gasteiger partial charge on any atom is 0.416 e. The second kappa shape index (κ2) is 8.84. The van der Waals surface area contributed by atoms with Gasteiger partial charge in [0.05, 0.1) is 10.6 Å². The lowest BCUT2D eigenvalue weighted by Gasteiger charge is -2.13. The van der Waals surface area contributed by atoms with Gasteiger partial charge in [-0.05, 0) is 73.5 Å². The van der Waals surface area contributed by atoms with Gasteiger partial charge < -0.3 is 5.32 Å². The van der Waals surface area contributed by atoms with E-state index in [0.29, 0.717) is 5.69 Å². The van der Waals surface area contributed by atoms with E-state index in [1.807, 2.05) is 13.8 Å². The fourth-order valence-corrected chi connectivity index (χ4v) is 4.42. The first-order valence-electron chi connectivity index (χ1n) is 9.25. The number of nitrogens with one attached hydrogen (secondary N) is 2. The number of hydrogen-bond acceptors (Lipinski definition) is 3. The van der Waals surface area contributed by atoms with Crippen LogP contribution in [0.5, 0.6) is 0 Å². The molecule has 0 spiro atoms. The Morgan fingerprint density at radius 2 is 1.62 bits per heavy atom. The molecule has 32 heavy (non-hydrogen) atoms. The normalized spacial score (nSPS) is 11.8. The van der Waals surface area contributed by atoms with Crippen LogP contribution in [0.4, 0.5) is 24.5 Å². The van der Waals surface area contributed by atoms with Crippen molar-refractivity contribution in [2.24, 2.45) is 0 Å². The van der Waals surface area contributed by atoms with Crippen molar-refractivity contribution in [3.63, 3.8) is 0 Å². The van der Waals surface area contributed by atoms with Gasteiger partial charge in [-0.25, -0.2) is 8.42 Å². The Morgan fingerprint density at radius 1 is 0.906 bits per heavy atom. The molecule has 0 bridgehead atoms. The van der Waals surface area contributed by atoms with E-state index in [1.165, 1.54) is 18.2 Å². The number of amides is 1. The lowest BCUT2D eigenvalue weighted by molar-refractivity contribution is -0.137. The molecule has 0 aliphatic carbocycles.